The molecule has 0 atom stereocenters. The molecule has 32 heavy (non-hydrogen) atoms. The number of benzene rings is 1. The third-order valence-corrected chi connectivity index (χ3v) is 5.16. The Bertz CT molecular complexity index is 1540. The van der Waals surface area contributed by atoms with E-state index in [0.29, 0.717) is 33.8 Å². The van der Waals surface area contributed by atoms with Gasteiger partial charge < -0.3 is 0 Å². The molecule has 0 saturated carbocycles. The quantitative estimate of drug-likeness (QED) is 0.437. The number of nitrogens with one attached hydrogen (secondary N) is 1. The van der Waals surface area contributed by atoms with E-state index >= 15 is 0 Å². The van der Waals surface area contributed by atoms with Gasteiger partial charge in [-0.15, -0.1) is 15.3 Å². The third kappa shape index (κ3) is 3.90. The fourth-order valence-electron chi connectivity index (χ4n) is 3.21. The molecule has 1 N–H and O–H groups in total. The lowest BCUT2D eigenvalue weighted by Crippen LogP contribution is -2.10. The molecule has 4 heterocycles. The maximum Gasteiger partial charge on any atom is 0.230 e. The molecule has 1 aromatic carbocycles. The normalized spacial score (nSPS) is 11.7. The van der Waals surface area contributed by atoms with E-state index in [-0.39, 0.29) is 11.6 Å². The average Bonchev–Trinajstić information content (AvgIpc) is 3.40. The van der Waals surface area contributed by atoms with Crippen LogP contribution >= 0.6 is 0 Å². The van der Waals surface area contributed by atoms with Crippen molar-refractivity contribution in [1.82, 2.24) is 34.6 Å². The topological polar surface area (TPSA) is 120 Å². The highest BCUT2D eigenvalue weighted by Crippen LogP contribution is 2.33. The first kappa shape index (κ1) is 19.8. The lowest BCUT2D eigenvalue weighted by atomic mass is 10.0. The summed E-state index contributed by atoms with van der Waals surface area (Å²) in [5, 5.41) is 16.9. The zero-order valence-corrected chi connectivity index (χ0v) is 17.4. The van der Waals surface area contributed by atoms with E-state index in [9.17, 15) is 12.8 Å². The zero-order chi connectivity index (χ0) is 22.3. The number of aromatic nitrogens is 7. The van der Waals surface area contributed by atoms with Crippen LogP contribution in [0.15, 0.2) is 67.3 Å². The van der Waals surface area contributed by atoms with Gasteiger partial charge in [0.2, 0.25) is 10.0 Å². The van der Waals surface area contributed by atoms with E-state index in [1.165, 1.54) is 29.2 Å². The summed E-state index contributed by atoms with van der Waals surface area (Å²) < 4.78 is 42.2. The Labute approximate surface area is 181 Å². The van der Waals surface area contributed by atoms with E-state index in [1.54, 1.807) is 47.3 Å². The molecule has 0 aliphatic rings. The molecule has 160 valence electrons. The smallest absolute Gasteiger partial charge is 0.230 e. The fraction of sp³-hybridized carbons (Fsp3) is 0.0500. The van der Waals surface area contributed by atoms with Gasteiger partial charge in [-0.25, -0.2) is 22.5 Å². The lowest BCUT2D eigenvalue weighted by Gasteiger charge is -2.06. The molecule has 5 aromatic rings. The lowest BCUT2D eigenvalue weighted by molar-refractivity contribution is 0.606. The minimum Gasteiger partial charge on any atom is -0.268 e. The van der Waals surface area contributed by atoms with Crippen LogP contribution in [0.25, 0.3) is 33.8 Å². The third-order valence-electron chi connectivity index (χ3n) is 4.58. The molecule has 0 unspecified atom stereocenters. The Balaban J connectivity index is 1.67. The Hall–Kier alpha value is -4.19. The maximum atomic E-state index is 13.5. The highest BCUT2D eigenvalue weighted by atomic mass is 32.2. The Morgan fingerprint density at radius 3 is 2.59 bits per heavy atom. The molecule has 0 spiro atoms. The van der Waals surface area contributed by atoms with Crippen LogP contribution in [-0.4, -0.2) is 49.2 Å². The number of hydrogen-bond acceptors (Lipinski definition) is 7. The highest BCUT2D eigenvalue weighted by Gasteiger charge is 2.16. The molecule has 0 aliphatic heterocycles. The van der Waals surface area contributed by atoms with E-state index in [0.717, 1.165) is 6.26 Å². The predicted octanol–water partition coefficient (Wildman–Crippen LogP) is 2.55. The van der Waals surface area contributed by atoms with Crippen molar-refractivity contribution < 1.29 is 12.8 Å². The van der Waals surface area contributed by atoms with Crippen LogP contribution in [-0.2, 0) is 10.0 Å². The molecule has 4 aromatic heterocycles. The van der Waals surface area contributed by atoms with Gasteiger partial charge in [0.1, 0.15) is 23.7 Å². The van der Waals surface area contributed by atoms with Gasteiger partial charge in [0, 0.05) is 23.5 Å². The average molecular weight is 450 g/mol. The number of rotatable bonds is 5. The Morgan fingerprint density at radius 1 is 1.00 bits per heavy atom. The van der Waals surface area contributed by atoms with E-state index in [2.05, 4.69) is 30.1 Å². The van der Waals surface area contributed by atoms with Crippen molar-refractivity contribution >= 4 is 21.5 Å². The number of nitrogens with zero attached hydrogens (tertiary/aromatic N) is 7. The van der Waals surface area contributed by atoms with Crippen molar-refractivity contribution in [3.8, 4) is 28.2 Å². The Kier molecular flexibility index (Phi) is 4.63. The van der Waals surface area contributed by atoms with Crippen LogP contribution in [0.4, 0.5) is 10.2 Å². The molecule has 10 nitrogen and oxygen atoms in total. The minimum absolute atomic E-state index is 0.173. The number of fused-ring (bicyclic) bond motifs is 1. The molecule has 0 bridgehead atoms. The molecule has 0 radical (unpaired) electrons. The molecular formula is C20H15FN8O2S. The van der Waals surface area contributed by atoms with Gasteiger partial charge in [0.15, 0.2) is 11.5 Å². The zero-order valence-electron chi connectivity index (χ0n) is 16.6. The van der Waals surface area contributed by atoms with Gasteiger partial charge in [-0.1, -0.05) is 0 Å². The van der Waals surface area contributed by atoms with Crippen LogP contribution in [0.5, 0.6) is 0 Å². The number of pyridine rings is 1. The molecular weight excluding hydrogens is 435 g/mol. The first-order valence-corrected chi connectivity index (χ1v) is 11.2. The monoisotopic (exact) mass is 450 g/mol. The van der Waals surface area contributed by atoms with Gasteiger partial charge in [0.05, 0.1) is 6.26 Å². The van der Waals surface area contributed by atoms with E-state index in [4.69, 9.17) is 0 Å². The van der Waals surface area contributed by atoms with Crippen molar-refractivity contribution in [2.45, 2.75) is 0 Å². The van der Waals surface area contributed by atoms with Gasteiger partial charge in [-0.2, -0.15) is 9.61 Å². The fourth-order valence-corrected chi connectivity index (χ4v) is 3.70. The molecule has 0 fully saturated rings. The standard InChI is InChI=1S/C20H15FN8O2S/c1-32(30,31)27-17-10-14(8-9-22-17)16-11-28(19-7-6-18-24-23-12-29(18)25-19)26-20(16)13-2-4-15(21)5-3-13/h2-12H,1H3,(H,22,27). The summed E-state index contributed by atoms with van der Waals surface area (Å²) in [6, 6.07) is 12.8. The predicted molar refractivity (Wildman–Crippen MR) is 115 cm³/mol. The van der Waals surface area contributed by atoms with Crippen LogP contribution in [0.2, 0.25) is 0 Å². The summed E-state index contributed by atoms with van der Waals surface area (Å²) in [6.45, 7) is 0. The van der Waals surface area contributed by atoms with Crippen LogP contribution in [0, 0.1) is 5.82 Å². The van der Waals surface area contributed by atoms with Crippen molar-refractivity contribution in [3.63, 3.8) is 0 Å². The molecule has 0 aliphatic carbocycles. The summed E-state index contributed by atoms with van der Waals surface area (Å²) in [5.74, 6) is 0.320. The summed E-state index contributed by atoms with van der Waals surface area (Å²) in [7, 11) is -3.50. The molecule has 0 saturated heterocycles. The SMILES string of the molecule is CS(=O)(=O)Nc1cc(-c2cn(-c3ccc4nncn4n3)nc2-c2ccc(F)cc2)ccn1. The highest BCUT2D eigenvalue weighted by molar-refractivity contribution is 7.92. The van der Waals surface area contributed by atoms with Crippen LogP contribution in [0.1, 0.15) is 0 Å². The summed E-state index contributed by atoms with van der Waals surface area (Å²) in [5.41, 5.74) is 3.18. The van der Waals surface area contributed by atoms with Gasteiger partial charge in [0.25, 0.3) is 0 Å². The van der Waals surface area contributed by atoms with Crippen molar-refractivity contribution in [2.75, 3.05) is 11.0 Å². The molecule has 12 heteroatoms. The molecule has 5 rings (SSSR count). The minimum atomic E-state index is -3.50. The van der Waals surface area contributed by atoms with Crippen molar-refractivity contribution in [3.05, 3.63) is 73.1 Å². The second-order valence-corrected chi connectivity index (χ2v) is 8.72. The second kappa shape index (κ2) is 7.50. The number of halogens is 1. The first-order chi connectivity index (χ1) is 15.4. The summed E-state index contributed by atoms with van der Waals surface area (Å²) in [4.78, 5) is 4.06. The Morgan fingerprint density at radius 2 is 1.81 bits per heavy atom. The van der Waals surface area contributed by atoms with Crippen LogP contribution in [0.3, 0.4) is 0 Å². The number of hydrogen-bond donors (Lipinski definition) is 1. The van der Waals surface area contributed by atoms with E-state index < -0.39 is 10.0 Å². The number of sulfonamides is 1. The number of anilines is 1. The van der Waals surface area contributed by atoms with Crippen molar-refractivity contribution in [2.24, 2.45) is 0 Å². The largest absolute Gasteiger partial charge is 0.268 e. The van der Waals surface area contributed by atoms with Gasteiger partial charge in [-0.3, -0.25) is 4.72 Å². The first-order valence-electron chi connectivity index (χ1n) is 9.33. The second-order valence-electron chi connectivity index (χ2n) is 6.97. The molecule has 0 amide bonds. The maximum absolute atomic E-state index is 13.5. The van der Waals surface area contributed by atoms with Crippen LogP contribution < -0.4 is 4.72 Å². The van der Waals surface area contributed by atoms with Gasteiger partial charge in [-0.05, 0) is 54.1 Å². The summed E-state index contributed by atoms with van der Waals surface area (Å²) >= 11 is 0. The summed E-state index contributed by atoms with van der Waals surface area (Å²) in [6.07, 6.45) is 5.79. The van der Waals surface area contributed by atoms with Crippen molar-refractivity contribution in [1.29, 1.82) is 0 Å². The van der Waals surface area contributed by atoms with E-state index in [1.807, 2.05) is 0 Å². The van der Waals surface area contributed by atoms with Gasteiger partial charge >= 0.3 is 0 Å².